The number of aryl methyl sites for hydroxylation is 1. The topological polar surface area (TPSA) is 122 Å². The molecule has 0 bridgehead atoms. The summed E-state index contributed by atoms with van der Waals surface area (Å²) in [6, 6.07) is 12.2. The van der Waals surface area contributed by atoms with E-state index < -0.39 is 28.0 Å². The average molecular weight is 433 g/mol. The Morgan fingerprint density at radius 2 is 1.70 bits per heavy atom. The van der Waals surface area contributed by atoms with Gasteiger partial charge in [0.2, 0.25) is 15.9 Å². The van der Waals surface area contributed by atoms with Crippen LogP contribution in [0, 0.1) is 6.92 Å². The van der Waals surface area contributed by atoms with Crippen LogP contribution in [0.25, 0.3) is 0 Å². The zero-order valence-electron chi connectivity index (χ0n) is 17.4. The fourth-order valence-electron chi connectivity index (χ4n) is 3.12. The summed E-state index contributed by atoms with van der Waals surface area (Å²) in [5, 5.41) is 5.13. The van der Waals surface area contributed by atoms with Gasteiger partial charge in [-0.1, -0.05) is 50.2 Å². The first-order valence-electron chi connectivity index (χ1n) is 9.70. The third-order valence-electron chi connectivity index (χ3n) is 4.69. The monoisotopic (exact) mass is 432 g/mol. The van der Waals surface area contributed by atoms with Gasteiger partial charge < -0.3 is 16.4 Å². The molecule has 0 radical (unpaired) electrons. The number of nitrogens with one attached hydrogen (secondary N) is 2. The van der Waals surface area contributed by atoms with Crippen LogP contribution in [0.5, 0.6) is 0 Å². The zero-order chi connectivity index (χ0) is 22.3. The van der Waals surface area contributed by atoms with Crippen LogP contribution in [0.4, 0.5) is 10.5 Å². The molecule has 0 aliphatic rings. The van der Waals surface area contributed by atoms with Crippen LogP contribution in [0.2, 0.25) is 0 Å². The van der Waals surface area contributed by atoms with Crippen molar-refractivity contribution in [2.75, 3.05) is 18.4 Å². The molecule has 0 aromatic heterocycles. The molecule has 0 heterocycles. The number of nitrogens with zero attached hydrogens (tertiary/aromatic N) is 1. The van der Waals surface area contributed by atoms with Crippen LogP contribution in [0.15, 0.2) is 53.4 Å². The molecule has 0 fully saturated rings. The predicted molar refractivity (Wildman–Crippen MR) is 117 cm³/mol. The van der Waals surface area contributed by atoms with Gasteiger partial charge >= 0.3 is 6.03 Å². The molecule has 2 rings (SSSR count). The number of carbonyl (C=O) groups excluding carboxylic acids is 2. The van der Waals surface area contributed by atoms with Crippen molar-refractivity contribution in [1.82, 2.24) is 9.62 Å². The number of urea groups is 1. The number of hydrogen-bond donors (Lipinski definition) is 3. The van der Waals surface area contributed by atoms with E-state index in [9.17, 15) is 18.0 Å². The highest BCUT2D eigenvalue weighted by Crippen LogP contribution is 2.24. The molecule has 3 amide bonds. The highest BCUT2D eigenvalue weighted by molar-refractivity contribution is 7.89. The normalized spacial score (nSPS) is 12.4. The van der Waals surface area contributed by atoms with Crippen LogP contribution in [-0.4, -0.2) is 43.8 Å². The molecule has 9 heteroatoms. The second-order valence-corrected chi connectivity index (χ2v) is 8.72. The molecule has 0 aliphatic carbocycles. The highest BCUT2D eigenvalue weighted by Gasteiger charge is 2.25. The summed E-state index contributed by atoms with van der Waals surface area (Å²) in [6.07, 6.45) is 0.242. The van der Waals surface area contributed by atoms with Gasteiger partial charge in [-0.15, -0.1) is 0 Å². The Morgan fingerprint density at radius 1 is 1.07 bits per heavy atom. The summed E-state index contributed by atoms with van der Waals surface area (Å²) in [5.74, 6) is -0.493. The van der Waals surface area contributed by atoms with E-state index >= 15 is 0 Å². The van der Waals surface area contributed by atoms with Crippen molar-refractivity contribution in [1.29, 1.82) is 0 Å². The molecule has 162 valence electrons. The van der Waals surface area contributed by atoms with Crippen LogP contribution >= 0.6 is 0 Å². The van der Waals surface area contributed by atoms with Crippen molar-refractivity contribution in [2.24, 2.45) is 5.73 Å². The van der Waals surface area contributed by atoms with E-state index in [1.54, 1.807) is 32.9 Å². The van der Waals surface area contributed by atoms with Crippen molar-refractivity contribution in [3.8, 4) is 0 Å². The van der Waals surface area contributed by atoms with Gasteiger partial charge in [0, 0.05) is 25.2 Å². The molecule has 1 atom stereocenters. The minimum absolute atomic E-state index is 0.131. The number of nitrogens with two attached hydrogens (primary N) is 1. The Bertz CT molecular complexity index is 989. The molecular formula is C21H28N4O4S. The maximum absolute atomic E-state index is 12.9. The van der Waals surface area contributed by atoms with Crippen molar-refractivity contribution in [3.05, 3.63) is 59.7 Å². The number of hydrogen-bond acceptors (Lipinski definition) is 4. The maximum Gasteiger partial charge on any atom is 0.312 e. The molecule has 0 unspecified atom stereocenters. The zero-order valence-corrected chi connectivity index (χ0v) is 18.2. The van der Waals surface area contributed by atoms with E-state index in [1.807, 2.05) is 30.3 Å². The third-order valence-corrected chi connectivity index (χ3v) is 6.89. The molecule has 0 spiro atoms. The van der Waals surface area contributed by atoms with Crippen molar-refractivity contribution in [2.45, 2.75) is 38.1 Å². The van der Waals surface area contributed by atoms with Crippen LogP contribution in [0.3, 0.4) is 0 Å². The third kappa shape index (κ3) is 5.80. The number of carbonyl (C=O) groups is 2. The molecule has 2 aromatic rings. The van der Waals surface area contributed by atoms with E-state index in [4.69, 9.17) is 5.73 Å². The van der Waals surface area contributed by atoms with Gasteiger partial charge in [-0.05, 0) is 30.2 Å². The number of anilines is 1. The lowest BCUT2D eigenvalue weighted by Gasteiger charge is -2.21. The fourth-order valence-corrected chi connectivity index (χ4v) is 4.83. The van der Waals surface area contributed by atoms with Crippen LogP contribution < -0.4 is 16.4 Å². The number of amides is 3. The Hall–Kier alpha value is -2.91. The first kappa shape index (κ1) is 23.4. The smallest absolute Gasteiger partial charge is 0.312 e. The Kier molecular flexibility index (Phi) is 7.96. The average Bonchev–Trinajstić information content (AvgIpc) is 2.70. The van der Waals surface area contributed by atoms with Crippen LogP contribution in [-0.2, 0) is 21.2 Å². The van der Waals surface area contributed by atoms with Gasteiger partial charge in [0.25, 0.3) is 0 Å². The van der Waals surface area contributed by atoms with E-state index in [0.29, 0.717) is 24.3 Å². The van der Waals surface area contributed by atoms with Gasteiger partial charge in [0.15, 0.2) is 0 Å². The van der Waals surface area contributed by atoms with E-state index in [-0.39, 0.29) is 11.3 Å². The lowest BCUT2D eigenvalue weighted by molar-refractivity contribution is -0.117. The lowest BCUT2D eigenvalue weighted by Crippen LogP contribution is -2.47. The van der Waals surface area contributed by atoms with Gasteiger partial charge in [-0.25, -0.2) is 13.2 Å². The molecule has 30 heavy (non-hydrogen) atoms. The molecule has 0 saturated heterocycles. The molecular weight excluding hydrogens is 404 g/mol. The molecule has 8 nitrogen and oxygen atoms in total. The van der Waals surface area contributed by atoms with Gasteiger partial charge in [-0.3, -0.25) is 4.79 Å². The quantitative estimate of drug-likeness (QED) is 0.562. The minimum Gasteiger partial charge on any atom is -0.352 e. The number of benzene rings is 2. The van der Waals surface area contributed by atoms with Gasteiger partial charge in [0.1, 0.15) is 6.04 Å². The highest BCUT2D eigenvalue weighted by atomic mass is 32.2. The summed E-state index contributed by atoms with van der Waals surface area (Å²) in [6.45, 7) is 5.93. The SMILES string of the molecule is CCN(CC)S(=O)(=O)c1cc(NC(=O)[C@@H](Cc2ccccc2)NC(N)=O)ccc1C. The first-order valence-corrected chi connectivity index (χ1v) is 11.1. The molecule has 0 aliphatic heterocycles. The van der Waals surface area contributed by atoms with Crippen molar-refractivity contribution in [3.63, 3.8) is 0 Å². The first-order chi connectivity index (χ1) is 14.2. The largest absolute Gasteiger partial charge is 0.352 e. The maximum atomic E-state index is 12.9. The van der Waals surface area contributed by atoms with Gasteiger partial charge in [0.05, 0.1) is 4.90 Å². The van der Waals surface area contributed by atoms with E-state index in [1.165, 1.54) is 10.4 Å². The Morgan fingerprint density at radius 3 is 2.27 bits per heavy atom. The summed E-state index contributed by atoms with van der Waals surface area (Å²) in [5.41, 5.74) is 6.98. The summed E-state index contributed by atoms with van der Waals surface area (Å²) < 4.78 is 27.2. The van der Waals surface area contributed by atoms with Crippen LogP contribution in [0.1, 0.15) is 25.0 Å². The summed E-state index contributed by atoms with van der Waals surface area (Å²) >= 11 is 0. The Balaban J connectivity index is 2.28. The van der Waals surface area contributed by atoms with Gasteiger partial charge in [-0.2, -0.15) is 4.31 Å². The molecule has 4 N–H and O–H groups in total. The minimum atomic E-state index is -3.69. The summed E-state index contributed by atoms with van der Waals surface area (Å²) in [7, 11) is -3.69. The second-order valence-electron chi connectivity index (χ2n) is 6.81. The lowest BCUT2D eigenvalue weighted by atomic mass is 10.1. The Labute approximate surface area is 177 Å². The predicted octanol–water partition coefficient (Wildman–Crippen LogP) is 2.24. The van der Waals surface area contributed by atoms with Crippen molar-refractivity contribution < 1.29 is 18.0 Å². The van der Waals surface area contributed by atoms with Crippen molar-refractivity contribution >= 4 is 27.6 Å². The number of rotatable bonds is 9. The second kappa shape index (κ2) is 10.2. The summed E-state index contributed by atoms with van der Waals surface area (Å²) in [4.78, 5) is 24.3. The number of primary amides is 1. The van der Waals surface area contributed by atoms with E-state index in [2.05, 4.69) is 10.6 Å². The molecule has 0 saturated carbocycles. The fraction of sp³-hybridized carbons (Fsp3) is 0.333. The standard InChI is InChI=1S/C21H28N4O4S/c1-4-25(5-2)30(28,29)19-14-17(12-11-15(19)3)23-20(26)18(24-21(22)27)13-16-9-7-6-8-10-16/h6-12,14,18H,4-5,13H2,1-3H3,(H,23,26)(H3,22,24,27)/t18-/m1/s1. The number of sulfonamides is 1. The molecule has 2 aromatic carbocycles. The van der Waals surface area contributed by atoms with E-state index in [0.717, 1.165) is 5.56 Å².